The topological polar surface area (TPSA) is 30.7 Å². The van der Waals surface area contributed by atoms with Crippen LogP contribution in [0.3, 0.4) is 0 Å². The molecule has 0 bridgehead atoms. The second-order valence-corrected chi connectivity index (χ2v) is 8.12. The van der Waals surface area contributed by atoms with E-state index in [2.05, 4.69) is 52.5 Å². The molecule has 1 heterocycles. The summed E-state index contributed by atoms with van der Waals surface area (Å²) in [6.45, 7) is 0. The predicted octanol–water partition coefficient (Wildman–Crippen LogP) is 5.73. The minimum atomic E-state index is 0.0405. The molecule has 4 rings (SSSR count). The molecule has 1 fully saturated rings. The van der Waals surface area contributed by atoms with Gasteiger partial charge in [-0.3, -0.25) is 0 Å². The maximum atomic E-state index is 6.14. The van der Waals surface area contributed by atoms with Crippen LogP contribution in [-0.2, 0) is 5.41 Å². The van der Waals surface area contributed by atoms with E-state index in [1.807, 2.05) is 34.9 Å². The lowest BCUT2D eigenvalue weighted by Gasteiger charge is -2.37. The molecule has 2 aromatic carbocycles. The largest absolute Gasteiger partial charge is 0.239 e. The second kappa shape index (κ2) is 7.22. The Morgan fingerprint density at radius 1 is 1.00 bits per heavy atom. The van der Waals surface area contributed by atoms with E-state index in [0.717, 1.165) is 17.9 Å². The molecule has 0 aliphatic heterocycles. The average Bonchev–Trinajstić information content (AvgIpc) is 3.34. The molecule has 1 atom stereocenters. The third-order valence-corrected chi connectivity index (χ3v) is 6.74. The van der Waals surface area contributed by atoms with Crippen LogP contribution in [0.25, 0.3) is 0 Å². The summed E-state index contributed by atoms with van der Waals surface area (Å²) in [6.07, 6.45) is 8.25. The zero-order valence-electron chi connectivity index (χ0n) is 13.9. The number of benzene rings is 2. The molecule has 3 nitrogen and oxygen atoms in total. The fourth-order valence-electron chi connectivity index (χ4n) is 3.85. The standard InChI is InChI=1S/C20H20ClN3S/c21-17-10-8-16(9-11-17)20(12-4-5-13-20)19(24-15-22-14-23-24)25-18-6-2-1-3-7-18/h1-3,6-11,14-15,19H,4-5,12-13H2. The van der Waals surface area contributed by atoms with Crippen molar-refractivity contribution >= 4 is 23.4 Å². The van der Waals surface area contributed by atoms with Crippen molar-refractivity contribution in [3.8, 4) is 0 Å². The van der Waals surface area contributed by atoms with E-state index in [4.69, 9.17) is 11.6 Å². The molecule has 1 aliphatic carbocycles. The summed E-state index contributed by atoms with van der Waals surface area (Å²) < 4.78 is 2.03. The van der Waals surface area contributed by atoms with Crippen LogP contribution in [0.2, 0.25) is 5.02 Å². The third kappa shape index (κ3) is 3.33. The fraction of sp³-hybridized carbons (Fsp3) is 0.300. The first-order valence-electron chi connectivity index (χ1n) is 8.60. The van der Waals surface area contributed by atoms with E-state index in [0.29, 0.717) is 0 Å². The van der Waals surface area contributed by atoms with Crippen LogP contribution in [0, 0.1) is 0 Å². The maximum Gasteiger partial charge on any atom is 0.137 e. The van der Waals surface area contributed by atoms with Crippen LogP contribution in [-0.4, -0.2) is 14.8 Å². The van der Waals surface area contributed by atoms with E-state index < -0.39 is 0 Å². The lowest BCUT2D eigenvalue weighted by atomic mass is 9.78. The minimum absolute atomic E-state index is 0.0405. The van der Waals surface area contributed by atoms with Crippen molar-refractivity contribution < 1.29 is 0 Å². The zero-order valence-corrected chi connectivity index (χ0v) is 15.5. The van der Waals surface area contributed by atoms with Crippen LogP contribution in [0.4, 0.5) is 0 Å². The van der Waals surface area contributed by atoms with Crippen molar-refractivity contribution in [3.05, 3.63) is 77.8 Å². The number of rotatable bonds is 5. The molecule has 128 valence electrons. The Balaban J connectivity index is 1.79. The van der Waals surface area contributed by atoms with Gasteiger partial charge in [0, 0.05) is 15.3 Å². The van der Waals surface area contributed by atoms with Gasteiger partial charge in [0.1, 0.15) is 18.0 Å². The Hall–Kier alpha value is -1.78. The smallest absolute Gasteiger partial charge is 0.137 e. The molecular weight excluding hydrogens is 350 g/mol. The Bertz CT molecular complexity index is 797. The van der Waals surface area contributed by atoms with Gasteiger partial charge < -0.3 is 0 Å². The summed E-state index contributed by atoms with van der Waals surface area (Å²) in [5.41, 5.74) is 1.39. The second-order valence-electron chi connectivity index (χ2n) is 6.53. The summed E-state index contributed by atoms with van der Waals surface area (Å²) in [4.78, 5) is 5.47. The first kappa shape index (κ1) is 16.7. The lowest BCUT2D eigenvalue weighted by molar-refractivity contribution is 0.340. The van der Waals surface area contributed by atoms with Gasteiger partial charge in [-0.25, -0.2) is 9.67 Å². The van der Waals surface area contributed by atoms with Crippen molar-refractivity contribution in [2.75, 3.05) is 0 Å². The van der Waals surface area contributed by atoms with Crippen LogP contribution in [0.5, 0.6) is 0 Å². The number of hydrogen-bond acceptors (Lipinski definition) is 3. The molecule has 0 N–H and O–H groups in total. The van der Waals surface area contributed by atoms with Crippen LogP contribution < -0.4 is 0 Å². The van der Waals surface area contributed by atoms with Gasteiger partial charge in [-0.2, -0.15) is 5.10 Å². The number of nitrogens with zero attached hydrogens (tertiary/aromatic N) is 3. The van der Waals surface area contributed by atoms with Crippen LogP contribution >= 0.6 is 23.4 Å². The highest BCUT2D eigenvalue weighted by Crippen LogP contribution is 2.54. The summed E-state index contributed by atoms with van der Waals surface area (Å²) in [7, 11) is 0. The molecule has 1 unspecified atom stereocenters. The summed E-state index contributed by atoms with van der Waals surface area (Å²) in [6, 6.07) is 18.9. The first-order valence-corrected chi connectivity index (χ1v) is 9.86. The Morgan fingerprint density at radius 3 is 2.36 bits per heavy atom. The molecule has 0 spiro atoms. The van der Waals surface area contributed by atoms with Gasteiger partial charge in [-0.15, -0.1) is 0 Å². The van der Waals surface area contributed by atoms with Gasteiger partial charge in [0.25, 0.3) is 0 Å². The van der Waals surface area contributed by atoms with E-state index in [-0.39, 0.29) is 10.8 Å². The highest BCUT2D eigenvalue weighted by molar-refractivity contribution is 7.99. The van der Waals surface area contributed by atoms with Gasteiger partial charge in [0.15, 0.2) is 0 Å². The maximum absolute atomic E-state index is 6.14. The molecule has 25 heavy (non-hydrogen) atoms. The molecule has 0 saturated heterocycles. The Morgan fingerprint density at radius 2 is 1.72 bits per heavy atom. The van der Waals surface area contributed by atoms with Gasteiger partial charge in [0.2, 0.25) is 0 Å². The third-order valence-electron chi connectivity index (χ3n) is 5.06. The number of thioether (sulfide) groups is 1. The first-order chi connectivity index (χ1) is 12.3. The average molecular weight is 370 g/mol. The fourth-order valence-corrected chi connectivity index (χ4v) is 5.36. The van der Waals surface area contributed by atoms with Gasteiger partial charge in [0.05, 0.1) is 0 Å². The zero-order chi connectivity index (χ0) is 17.1. The van der Waals surface area contributed by atoms with Crippen molar-refractivity contribution in [2.45, 2.75) is 41.4 Å². The monoisotopic (exact) mass is 369 g/mol. The molecule has 3 aromatic rings. The molecule has 1 aromatic heterocycles. The molecule has 5 heteroatoms. The lowest BCUT2D eigenvalue weighted by Crippen LogP contribution is -2.33. The quantitative estimate of drug-likeness (QED) is 0.537. The summed E-state index contributed by atoms with van der Waals surface area (Å²) in [5, 5.41) is 5.45. The van der Waals surface area contributed by atoms with Crippen molar-refractivity contribution in [2.24, 2.45) is 0 Å². The highest BCUT2D eigenvalue weighted by Gasteiger charge is 2.44. The number of hydrogen-bond donors (Lipinski definition) is 0. The Kier molecular flexibility index (Phi) is 4.82. The normalized spacial score (nSPS) is 17.5. The van der Waals surface area contributed by atoms with Crippen LogP contribution in [0.15, 0.2) is 72.1 Å². The van der Waals surface area contributed by atoms with Gasteiger partial charge in [-0.05, 0) is 42.7 Å². The van der Waals surface area contributed by atoms with Gasteiger partial charge in [-0.1, -0.05) is 66.5 Å². The van der Waals surface area contributed by atoms with Crippen molar-refractivity contribution in [3.63, 3.8) is 0 Å². The molecule has 1 aliphatic rings. The van der Waals surface area contributed by atoms with E-state index in [9.17, 15) is 0 Å². The van der Waals surface area contributed by atoms with E-state index in [1.165, 1.54) is 23.3 Å². The summed E-state index contributed by atoms with van der Waals surface area (Å²) in [5.74, 6) is 0. The Labute approximate surface area is 157 Å². The van der Waals surface area contributed by atoms with E-state index >= 15 is 0 Å². The van der Waals surface area contributed by atoms with Gasteiger partial charge >= 0.3 is 0 Å². The minimum Gasteiger partial charge on any atom is -0.239 e. The number of halogens is 1. The molecule has 0 radical (unpaired) electrons. The highest BCUT2D eigenvalue weighted by atomic mass is 35.5. The molecule has 1 saturated carbocycles. The van der Waals surface area contributed by atoms with Crippen molar-refractivity contribution in [1.29, 1.82) is 0 Å². The molecular formula is C20H20ClN3S. The van der Waals surface area contributed by atoms with Crippen LogP contribution in [0.1, 0.15) is 36.6 Å². The summed E-state index contributed by atoms with van der Waals surface area (Å²) >= 11 is 8.01. The predicted molar refractivity (Wildman–Crippen MR) is 103 cm³/mol. The van der Waals surface area contributed by atoms with Crippen molar-refractivity contribution in [1.82, 2.24) is 14.8 Å². The number of aromatic nitrogens is 3. The van der Waals surface area contributed by atoms with E-state index in [1.54, 1.807) is 6.33 Å². The molecule has 0 amide bonds. The SMILES string of the molecule is Clc1ccc(C2(C(Sc3ccccc3)n3cncn3)CCCC2)cc1.